The van der Waals surface area contributed by atoms with Gasteiger partial charge in [-0.1, -0.05) is 27.2 Å². The Balaban J connectivity index is 2.14. The molecule has 1 saturated carbocycles. The second-order valence-corrected chi connectivity index (χ2v) is 8.04. The maximum Gasteiger partial charge on any atom is 0.0337 e. The minimum Gasteiger partial charge on any atom is -0.329 e. The molecule has 1 aliphatic carbocycles. The summed E-state index contributed by atoms with van der Waals surface area (Å²) in [7, 11) is 4.43. The van der Waals surface area contributed by atoms with Gasteiger partial charge in [0, 0.05) is 31.2 Å². The maximum absolute atomic E-state index is 6.25. The van der Waals surface area contributed by atoms with Crippen LogP contribution in [0.4, 0.5) is 0 Å². The molecule has 0 bridgehead atoms. The van der Waals surface area contributed by atoms with E-state index in [0.29, 0.717) is 11.5 Å². The van der Waals surface area contributed by atoms with Gasteiger partial charge < -0.3 is 10.6 Å². The second kappa shape index (κ2) is 5.34. The number of nitrogens with two attached hydrogens (primary N) is 1. The van der Waals surface area contributed by atoms with E-state index in [0.717, 1.165) is 12.5 Å². The highest BCUT2D eigenvalue weighted by Crippen LogP contribution is 2.45. The first-order valence-corrected chi connectivity index (χ1v) is 7.91. The van der Waals surface area contributed by atoms with Gasteiger partial charge in [0.05, 0.1) is 0 Å². The van der Waals surface area contributed by atoms with Gasteiger partial charge in [-0.3, -0.25) is 4.90 Å². The van der Waals surface area contributed by atoms with E-state index in [1.807, 2.05) is 0 Å². The summed E-state index contributed by atoms with van der Waals surface area (Å²) in [6.45, 7) is 10.5. The van der Waals surface area contributed by atoms with E-state index in [1.165, 1.54) is 38.8 Å². The summed E-state index contributed by atoms with van der Waals surface area (Å²) >= 11 is 0. The van der Waals surface area contributed by atoms with E-state index in [4.69, 9.17) is 5.73 Å². The highest BCUT2D eigenvalue weighted by Gasteiger charge is 2.47. The molecule has 1 saturated heterocycles. The number of hydrogen-bond donors (Lipinski definition) is 1. The topological polar surface area (TPSA) is 32.5 Å². The molecule has 0 aromatic rings. The van der Waals surface area contributed by atoms with E-state index < -0.39 is 0 Å². The van der Waals surface area contributed by atoms with Gasteiger partial charge in [0.2, 0.25) is 0 Å². The fourth-order valence-electron chi connectivity index (χ4n) is 4.55. The zero-order valence-electron chi connectivity index (χ0n) is 13.6. The third kappa shape index (κ3) is 2.98. The summed E-state index contributed by atoms with van der Waals surface area (Å²) in [5, 5.41) is 0. The van der Waals surface area contributed by atoms with Gasteiger partial charge in [0.15, 0.2) is 0 Å². The van der Waals surface area contributed by atoms with Crippen LogP contribution in [0, 0.1) is 11.3 Å². The van der Waals surface area contributed by atoms with Crippen molar-refractivity contribution in [1.29, 1.82) is 0 Å². The fraction of sp³-hybridized carbons (Fsp3) is 1.00. The van der Waals surface area contributed by atoms with Gasteiger partial charge in [-0.15, -0.1) is 0 Å². The summed E-state index contributed by atoms with van der Waals surface area (Å²) < 4.78 is 0. The monoisotopic (exact) mass is 267 g/mol. The van der Waals surface area contributed by atoms with E-state index in [2.05, 4.69) is 44.7 Å². The van der Waals surface area contributed by atoms with E-state index in [-0.39, 0.29) is 5.54 Å². The Labute approximate surface area is 119 Å². The molecule has 3 heteroatoms. The van der Waals surface area contributed by atoms with Gasteiger partial charge in [-0.25, -0.2) is 0 Å². The van der Waals surface area contributed by atoms with Gasteiger partial charge >= 0.3 is 0 Å². The Morgan fingerprint density at radius 2 is 1.89 bits per heavy atom. The van der Waals surface area contributed by atoms with Crippen LogP contribution in [-0.4, -0.2) is 55.1 Å². The highest BCUT2D eigenvalue weighted by molar-refractivity contribution is 5.03. The Morgan fingerprint density at radius 1 is 1.21 bits per heavy atom. The van der Waals surface area contributed by atoms with Crippen molar-refractivity contribution < 1.29 is 0 Å². The van der Waals surface area contributed by atoms with Crippen LogP contribution < -0.4 is 5.73 Å². The molecule has 19 heavy (non-hydrogen) atoms. The number of rotatable bonds is 3. The lowest BCUT2D eigenvalue weighted by Gasteiger charge is -2.50. The van der Waals surface area contributed by atoms with Crippen molar-refractivity contribution in [3.63, 3.8) is 0 Å². The molecule has 2 rings (SSSR count). The van der Waals surface area contributed by atoms with Crippen molar-refractivity contribution >= 4 is 0 Å². The Morgan fingerprint density at radius 3 is 2.37 bits per heavy atom. The second-order valence-electron chi connectivity index (χ2n) is 8.04. The largest absolute Gasteiger partial charge is 0.329 e. The lowest BCUT2D eigenvalue weighted by molar-refractivity contribution is 0.0211. The molecule has 0 radical (unpaired) electrons. The van der Waals surface area contributed by atoms with Crippen LogP contribution in [0.1, 0.15) is 46.5 Å². The van der Waals surface area contributed by atoms with Crippen molar-refractivity contribution in [3.05, 3.63) is 0 Å². The molecule has 2 fully saturated rings. The molecule has 0 aromatic carbocycles. The Bertz CT molecular complexity index is 313. The van der Waals surface area contributed by atoms with Crippen LogP contribution in [-0.2, 0) is 0 Å². The summed E-state index contributed by atoms with van der Waals surface area (Å²) in [6.07, 6.45) is 5.25. The lowest BCUT2D eigenvalue weighted by atomic mass is 9.67. The molecular formula is C16H33N3. The van der Waals surface area contributed by atoms with Crippen LogP contribution in [0.15, 0.2) is 0 Å². The summed E-state index contributed by atoms with van der Waals surface area (Å²) in [5.74, 6) is 0.753. The lowest BCUT2D eigenvalue weighted by Crippen LogP contribution is -2.57. The molecule has 1 heterocycles. The van der Waals surface area contributed by atoms with Crippen molar-refractivity contribution in [3.8, 4) is 0 Å². The van der Waals surface area contributed by atoms with Crippen molar-refractivity contribution in [1.82, 2.24) is 9.80 Å². The number of likely N-dealkylation sites (tertiary alicyclic amines) is 1. The van der Waals surface area contributed by atoms with Gasteiger partial charge in [0.25, 0.3) is 0 Å². The molecule has 3 unspecified atom stereocenters. The van der Waals surface area contributed by atoms with Crippen molar-refractivity contribution in [2.45, 2.75) is 58.0 Å². The van der Waals surface area contributed by atoms with Gasteiger partial charge in [-0.2, -0.15) is 0 Å². The molecule has 0 amide bonds. The molecule has 112 valence electrons. The predicted octanol–water partition coefficient (Wildman–Crippen LogP) is 2.17. The zero-order valence-corrected chi connectivity index (χ0v) is 13.6. The molecule has 1 aliphatic heterocycles. The first-order valence-electron chi connectivity index (χ1n) is 7.91. The smallest absolute Gasteiger partial charge is 0.0337 e. The Hall–Kier alpha value is -0.120. The molecule has 0 spiro atoms. The molecule has 2 aliphatic rings. The summed E-state index contributed by atoms with van der Waals surface area (Å²) in [6, 6.07) is 0.688. The molecule has 3 nitrogen and oxygen atoms in total. The SMILES string of the molecule is CC1CN(C2(CN)CCCC(C)(C)C2)CC1N(C)C. The Kier molecular flexibility index (Phi) is 4.29. The van der Waals surface area contributed by atoms with Crippen LogP contribution >= 0.6 is 0 Å². The van der Waals surface area contributed by atoms with E-state index >= 15 is 0 Å². The zero-order chi connectivity index (χ0) is 14.3. The quantitative estimate of drug-likeness (QED) is 0.850. The predicted molar refractivity (Wildman–Crippen MR) is 82.2 cm³/mol. The fourth-order valence-corrected chi connectivity index (χ4v) is 4.55. The average Bonchev–Trinajstić information content (AvgIpc) is 2.70. The molecule has 0 aromatic heterocycles. The normalized spacial score (nSPS) is 39.9. The summed E-state index contributed by atoms with van der Waals surface area (Å²) in [4.78, 5) is 5.12. The number of nitrogens with zero attached hydrogens (tertiary/aromatic N) is 2. The van der Waals surface area contributed by atoms with Crippen LogP contribution in [0.3, 0.4) is 0 Å². The van der Waals surface area contributed by atoms with E-state index in [1.54, 1.807) is 0 Å². The maximum atomic E-state index is 6.25. The van der Waals surface area contributed by atoms with Crippen LogP contribution in [0.25, 0.3) is 0 Å². The van der Waals surface area contributed by atoms with E-state index in [9.17, 15) is 0 Å². The third-order valence-electron chi connectivity index (χ3n) is 5.59. The van der Waals surface area contributed by atoms with Crippen molar-refractivity contribution in [2.75, 3.05) is 33.7 Å². The molecule has 2 N–H and O–H groups in total. The standard InChI is InChI=1S/C16H33N3/c1-13-9-19(10-14(13)18(4)5)16(12-17)8-6-7-15(2,3)11-16/h13-14H,6-12,17H2,1-5H3. The highest BCUT2D eigenvalue weighted by atomic mass is 15.3. The minimum absolute atomic E-state index is 0.265. The van der Waals surface area contributed by atoms with Crippen LogP contribution in [0.2, 0.25) is 0 Å². The number of likely N-dealkylation sites (N-methyl/N-ethyl adjacent to an activating group) is 1. The minimum atomic E-state index is 0.265. The third-order valence-corrected chi connectivity index (χ3v) is 5.59. The molecule has 3 atom stereocenters. The van der Waals surface area contributed by atoms with Crippen molar-refractivity contribution in [2.24, 2.45) is 17.1 Å². The first-order chi connectivity index (χ1) is 8.80. The number of hydrogen-bond acceptors (Lipinski definition) is 3. The van der Waals surface area contributed by atoms with Crippen LogP contribution in [0.5, 0.6) is 0 Å². The van der Waals surface area contributed by atoms with Gasteiger partial charge in [0.1, 0.15) is 0 Å². The van der Waals surface area contributed by atoms with Gasteiger partial charge in [-0.05, 0) is 44.7 Å². The average molecular weight is 267 g/mol. The first kappa shape index (κ1) is 15.3. The summed E-state index contributed by atoms with van der Waals surface area (Å²) in [5.41, 5.74) is 6.97. The molecular weight excluding hydrogens is 234 g/mol.